The Morgan fingerprint density at radius 1 is 0.964 bits per heavy atom. The Kier molecular flexibility index (Phi) is 8.42. The Balaban J connectivity index is 1.48. The van der Waals surface area contributed by atoms with Gasteiger partial charge in [0.1, 0.15) is 6.29 Å². The molecule has 0 saturated carbocycles. The van der Waals surface area contributed by atoms with E-state index >= 15 is 0 Å². The predicted molar refractivity (Wildman–Crippen MR) is 118 cm³/mol. The van der Waals surface area contributed by atoms with Crippen LogP contribution in [0.15, 0.2) is 52.5 Å². The van der Waals surface area contributed by atoms with Gasteiger partial charge in [-0.15, -0.1) is 34.0 Å². The second kappa shape index (κ2) is 11.3. The highest BCUT2D eigenvalue weighted by Crippen LogP contribution is 2.21. The van der Waals surface area contributed by atoms with Crippen LogP contribution in [0.3, 0.4) is 0 Å². The molecule has 0 aliphatic heterocycles. The van der Waals surface area contributed by atoms with Crippen molar-refractivity contribution in [3.63, 3.8) is 0 Å². The first kappa shape index (κ1) is 20.9. The molecule has 1 amide bonds. The SMILES string of the molecule is O=CC(CCCCNC(=O)c1cccs1)N(Cc1cccs1)Cc1cccs1. The van der Waals surface area contributed by atoms with Crippen molar-refractivity contribution in [1.29, 1.82) is 0 Å². The lowest BCUT2D eigenvalue weighted by atomic mass is 10.1. The zero-order chi connectivity index (χ0) is 19.6. The van der Waals surface area contributed by atoms with E-state index in [1.165, 1.54) is 21.1 Å². The fourth-order valence-corrected chi connectivity index (χ4v) is 5.11. The first-order chi connectivity index (χ1) is 13.8. The van der Waals surface area contributed by atoms with Gasteiger partial charge in [-0.2, -0.15) is 0 Å². The summed E-state index contributed by atoms with van der Waals surface area (Å²) in [6, 6.07) is 11.9. The van der Waals surface area contributed by atoms with Crippen LogP contribution in [0.2, 0.25) is 0 Å². The zero-order valence-corrected chi connectivity index (χ0v) is 18.0. The van der Waals surface area contributed by atoms with E-state index in [1.54, 1.807) is 22.7 Å². The third-order valence-electron chi connectivity index (χ3n) is 4.46. The highest BCUT2D eigenvalue weighted by Gasteiger charge is 2.19. The molecule has 3 aromatic rings. The van der Waals surface area contributed by atoms with Crippen molar-refractivity contribution in [1.82, 2.24) is 10.2 Å². The first-order valence-corrected chi connectivity index (χ1v) is 12.0. The van der Waals surface area contributed by atoms with Crippen molar-refractivity contribution in [3.8, 4) is 0 Å². The van der Waals surface area contributed by atoms with E-state index in [-0.39, 0.29) is 11.9 Å². The largest absolute Gasteiger partial charge is 0.351 e. The number of thiophene rings is 3. The second-order valence-corrected chi connectivity index (χ2v) is 9.51. The standard InChI is InChI=1S/C21H24N2O2S3/c24-16-17(6-1-2-10-22-21(25)20-9-5-13-28-20)23(14-18-7-3-11-26-18)15-19-8-4-12-27-19/h3-5,7-9,11-13,16-17H,1-2,6,10,14-15H2,(H,22,25). The van der Waals surface area contributed by atoms with Crippen molar-refractivity contribution >= 4 is 46.2 Å². The van der Waals surface area contributed by atoms with Gasteiger partial charge in [0.2, 0.25) is 0 Å². The minimum Gasteiger partial charge on any atom is -0.351 e. The molecule has 148 valence electrons. The summed E-state index contributed by atoms with van der Waals surface area (Å²) in [4.78, 5) is 29.3. The predicted octanol–water partition coefficient (Wildman–Crippen LogP) is 5.04. The van der Waals surface area contributed by atoms with Crippen molar-refractivity contribution in [3.05, 3.63) is 67.2 Å². The van der Waals surface area contributed by atoms with E-state index in [9.17, 15) is 9.59 Å². The number of hydrogen-bond acceptors (Lipinski definition) is 6. The molecule has 7 heteroatoms. The quantitative estimate of drug-likeness (QED) is 0.322. The molecule has 0 aliphatic carbocycles. The molecule has 0 aliphatic rings. The molecule has 0 radical (unpaired) electrons. The fraction of sp³-hybridized carbons (Fsp3) is 0.333. The Morgan fingerprint density at radius 2 is 1.61 bits per heavy atom. The van der Waals surface area contributed by atoms with Crippen molar-refractivity contribution in [2.24, 2.45) is 0 Å². The molecule has 0 saturated heterocycles. The van der Waals surface area contributed by atoms with E-state index in [2.05, 4.69) is 45.2 Å². The Labute approximate surface area is 177 Å². The maximum Gasteiger partial charge on any atom is 0.261 e. The summed E-state index contributed by atoms with van der Waals surface area (Å²) in [6.07, 6.45) is 3.65. The van der Waals surface area contributed by atoms with Gasteiger partial charge in [-0.05, 0) is 53.6 Å². The van der Waals surface area contributed by atoms with Gasteiger partial charge in [-0.1, -0.05) is 18.2 Å². The van der Waals surface area contributed by atoms with Gasteiger partial charge >= 0.3 is 0 Å². The maximum atomic E-state index is 12.0. The van der Waals surface area contributed by atoms with Crippen molar-refractivity contribution in [2.75, 3.05) is 6.54 Å². The first-order valence-electron chi connectivity index (χ1n) is 9.32. The third kappa shape index (κ3) is 6.38. The molecule has 4 nitrogen and oxygen atoms in total. The summed E-state index contributed by atoms with van der Waals surface area (Å²) in [5.74, 6) is -0.0149. The normalized spacial score (nSPS) is 12.2. The van der Waals surface area contributed by atoms with Crippen molar-refractivity contribution in [2.45, 2.75) is 38.4 Å². The van der Waals surface area contributed by atoms with E-state index in [0.29, 0.717) is 6.54 Å². The number of carbonyl (C=O) groups excluding carboxylic acids is 2. The van der Waals surface area contributed by atoms with Crippen molar-refractivity contribution < 1.29 is 9.59 Å². The number of amides is 1. The summed E-state index contributed by atoms with van der Waals surface area (Å²) in [5, 5.41) is 9.00. The van der Waals surface area contributed by atoms with Gasteiger partial charge in [0, 0.05) is 29.4 Å². The molecule has 1 atom stereocenters. The number of aldehydes is 1. The molecular weight excluding hydrogens is 408 g/mol. The monoisotopic (exact) mass is 432 g/mol. The topological polar surface area (TPSA) is 49.4 Å². The van der Waals surface area contributed by atoms with E-state index in [4.69, 9.17) is 0 Å². The van der Waals surface area contributed by atoms with E-state index < -0.39 is 0 Å². The molecule has 0 fully saturated rings. The van der Waals surface area contributed by atoms with Gasteiger partial charge in [0.25, 0.3) is 5.91 Å². The zero-order valence-electron chi connectivity index (χ0n) is 15.6. The minimum absolute atomic E-state index is 0.0149. The summed E-state index contributed by atoms with van der Waals surface area (Å²) < 4.78 is 0. The molecule has 0 aromatic carbocycles. The lowest BCUT2D eigenvalue weighted by Gasteiger charge is -2.27. The van der Waals surface area contributed by atoms with Crippen LogP contribution >= 0.6 is 34.0 Å². The van der Waals surface area contributed by atoms with Gasteiger partial charge in [0.15, 0.2) is 0 Å². The summed E-state index contributed by atoms with van der Waals surface area (Å²) >= 11 is 4.90. The summed E-state index contributed by atoms with van der Waals surface area (Å²) in [7, 11) is 0. The number of hydrogen-bond donors (Lipinski definition) is 1. The molecule has 3 rings (SSSR count). The van der Waals surface area contributed by atoms with E-state index in [1.807, 2.05) is 17.5 Å². The number of unbranched alkanes of at least 4 members (excludes halogenated alkanes) is 1. The Hall–Kier alpha value is -1.80. The highest BCUT2D eigenvalue weighted by atomic mass is 32.1. The average Bonchev–Trinajstić information content (AvgIpc) is 3.47. The molecule has 28 heavy (non-hydrogen) atoms. The maximum absolute atomic E-state index is 12.0. The lowest BCUT2D eigenvalue weighted by Crippen LogP contribution is -2.35. The van der Waals surface area contributed by atoms with Crippen LogP contribution in [0.1, 0.15) is 38.7 Å². The summed E-state index contributed by atoms with van der Waals surface area (Å²) in [6.45, 7) is 2.21. The molecule has 3 heterocycles. The average molecular weight is 433 g/mol. The van der Waals surface area contributed by atoms with Gasteiger partial charge in [0.05, 0.1) is 10.9 Å². The van der Waals surface area contributed by atoms with Gasteiger partial charge < -0.3 is 10.1 Å². The van der Waals surface area contributed by atoms with Crippen LogP contribution in [0, 0.1) is 0 Å². The molecule has 3 aromatic heterocycles. The molecule has 1 unspecified atom stereocenters. The Bertz CT molecular complexity index is 778. The van der Waals surface area contributed by atoms with Crippen LogP contribution in [0.25, 0.3) is 0 Å². The number of rotatable bonds is 12. The third-order valence-corrected chi connectivity index (χ3v) is 7.05. The molecule has 0 bridgehead atoms. The minimum atomic E-state index is -0.114. The lowest BCUT2D eigenvalue weighted by molar-refractivity contribution is -0.113. The smallest absolute Gasteiger partial charge is 0.261 e. The van der Waals surface area contributed by atoms with Crippen LogP contribution < -0.4 is 5.32 Å². The summed E-state index contributed by atoms with van der Waals surface area (Å²) in [5.41, 5.74) is 0. The van der Waals surface area contributed by atoms with Crippen LogP contribution in [0.4, 0.5) is 0 Å². The molecule has 0 spiro atoms. The van der Waals surface area contributed by atoms with E-state index in [0.717, 1.165) is 43.5 Å². The molecular formula is C21H24N2O2S3. The van der Waals surface area contributed by atoms with Gasteiger partial charge in [-0.25, -0.2) is 0 Å². The fourth-order valence-electron chi connectivity index (χ4n) is 3.01. The number of carbonyl (C=O) groups is 2. The van der Waals surface area contributed by atoms with Crippen LogP contribution in [-0.2, 0) is 17.9 Å². The van der Waals surface area contributed by atoms with Crippen LogP contribution in [-0.4, -0.2) is 29.7 Å². The molecule has 1 N–H and O–H groups in total. The highest BCUT2D eigenvalue weighted by molar-refractivity contribution is 7.12. The Morgan fingerprint density at radius 3 is 2.14 bits per heavy atom. The number of nitrogens with zero attached hydrogens (tertiary/aromatic N) is 1. The number of nitrogens with one attached hydrogen (secondary N) is 1. The van der Waals surface area contributed by atoms with Crippen LogP contribution in [0.5, 0.6) is 0 Å². The second-order valence-electron chi connectivity index (χ2n) is 6.50. The van der Waals surface area contributed by atoms with Gasteiger partial charge in [-0.3, -0.25) is 9.69 Å².